The molecule has 0 aliphatic heterocycles. The number of hydrogen-bond acceptors (Lipinski definition) is 0. The maximum Gasteiger partial charge on any atom is 0.0210 e. The highest BCUT2D eigenvalue weighted by atomic mass is 79.9. The van der Waals surface area contributed by atoms with E-state index >= 15 is 0 Å². The topological polar surface area (TPSA) is 0 Å². The van der Waals surface area contributed by atoms with Gasteiger partial charge in [-0.15, -0.1) is 0 Å². The molecule has 0 unspecified atom stereocenters. The minimum atomic E-state index is 1.17. The summed E-state index contributed by atoms with van der Waals surface area (Å²) < 4.78 is 1.17. The normalized spacial score (nSPS) is 10.3. The lowest BCUT2D eigenvalue weighted by Crippen LogP contribution is -1.88. The second kappa shape index (κ2) is 4.19. The molecule has 0 N–H and O–H groups in total. The van der Waals surface area contributed by atoms with E-state index in [9.17, 15) is 0 Å². The van der Waals surface area contributed by atoms with Crippen molar-refractivity contribution in [1.82, 2.24) is 0 Å². The standard InChI is InChI=1S/C14H13Br/c1-10-8-9-13(15)11(2)14(10)12-6-4-3-5-7-12/h3-9H,1-2H3. The molecule has 2 rings (SSSR count). The Hall–Kier alpha value is -1.08. The number of hydrogen-bond donors (Lipinski definition) is 0. The molecule has 0 fully saturated rings. The quantitative estimate of drug-likeness (QED) is 0.696. The van der Waals surface area contributed by atoms with E-state index in [0.29, 0.717) is 0 Å². The highest BCUT2D eigenvalue weighted by Crippen LogP contribution is 2.31. The van der Waals surface area contributed by atoms with Crippen LogP contribution in [0.3, 0.4) is 0 Å². The van der Waals surface area contributed by atoms with Crippen molar-refractivity contribution in [1.29, 1.82) is 0 Å². The van der Waals surface area contributed by atoms with Gasteiger partial charge < -0.3 is 0 Å². The van der Waals surface area contributed by atoms with E-state index in [0.717, 1.165) is 0 Å². The molecular weight excluding hydrogens is 248 g/mol. The van der Waals surface area contributed by atoms with Crippen LogP contribution in [0.5, 0.6) is 0 Å². The van der Waals surface area contributed by atoms with Crippen LogP contribution in [0.2, 0.25) is 0 Å². The highest BCUT2D eigenvalue weighted by Gasteiger charge is 2.07. The fraction of sp³-hybridized carbons (Fsp3) is 0.143. The Labute approximate surface area is 99.1 Å². The summed E-state index contributed by atoms with van der Waals surface area (Å²) >= 11 is 3.58. The lowest BCUT2D eigenvalue weighted by Gasteiger charge is -2.11. The summed E-state index contributed by atoms with van der Waals surface area (Å²) in [5.41, 5.74) is 5.25. The molecule has 0 spiro atoms. The van der Waals surface area contributed by atoms with Gasteiger partial charge in [-0.2, -0.15) is 0 Å². The van der Waals surface area contributed by atoms with Gasteiger partial charge in [0.2, 0.25) is 0 Å². The third-order valence-corrected chi connectivity index (χ3v) is 3.53. The lowest BCUT2D eigenvalue weighted by molar-refractivity contribution is 1.35. The summed E-state index contributed by atoms with van der Waals surface area (Å²) in [6.07, 6.45) is 0. The van der Waals surface area contributed by atoms with Gasteiger partial charge in [-0.05, 0) is 42.2 Å². The molecule has 0 bridgehead atoms. The number of halogens is 1. The van der Waals surface area contributed by atoms with Gasteiger partial charge in [0, 0.05) is 4.47 Å². The average Bonchev–Trinajstić information content (AvgIpc) is 2.26. The second-order valence-electron chi connectivity index (χ2n) is 3.73. The van der Waals surface area contributed by atoms with Crippen molar-refractivity contribution in [3.8, 4) is 11.1 Å². The van der Waals surface area contributed by atoms with E-state index in [1.165, 1.54) is 26.7 Å². The second-order valence-corrected chi connectivity index (χ2v) is 4.58. The minimum absolute atomic E-state index is 1.17. The minimum Gasteiger partial charge on any atom is -0.0622 e. The van der Waals surface area contributed by atoms with Gasteiger partial charge in [0.15, 0.2) is 0 Å². The fourth-order valence-corrected chi connectivity index (χ4v) is 2.20. The van der Waals surface area contributed by atoms with Gasteiger partial charge in [0.1, 0.15) is 0 Å². The zero-order valence-corrected chi connectivity index (χ0v) is 10.5. The van der Waals surface area contributed by atoms with Crippen molar-refractivity contribution >= 4 is 15.9 Å². The Morgan fingerprint density at radius 2 is 1.53 bits per heavy atom. The lowest BCUT2D eigenvalue weighted by atomic mass is 9.96. The molecule has 0 aliphatic carbocycles. The molecule has 0 heterocycles. The molecule has 0 amide bonds. The van der Waals surface area contributed by atoms with Crippen LogP contribution in [0, 0.1) is 13.8 Å². The molecule has 0 nitrogen and oxygen atoms in total. The predicted molar refractivity (Wildman–Crippen MR) is 69.1 cm³/mol. The summed E-state index contributed by atoms with van der Waals surface area (Å²) in [5, 5.41) is 0. The third-order valence-electron chi connectivity index (χ3n) is 2.67. The molecular formula is C14H13Br. The molecule has 0 aliphatic rings. The Morgan fingerprint density at radius 1 is 0.867 bits per heavy atom. The molecule has 76 valence electrons. The Balaban J connectivity index is 2.68. The summed E-state index contributed by atoms with van der Waals surface area (Å²) in [7, 11) is 0. The van der Waals surface area contributed by atoms with Gasteiger partial charge in [0.25, 0.3) is 0 Å². The van der Waals surface area contributed by atoms with Crippen molar-refractivity contribution < 1.29 is 0 Å². The third kappa shape index (κ3) is 1.98. The van der Waals surface area contributed by atoms with Crippen LogP contribution in [0.15, 0.2) is 46.9 Å². The zero-order valence-electron chi connectivity index (χ0n) is 8.92. The van der Waals surface area contributed by atoms with Crippen LogP contribution in [0.25, 0.3) is 11.1 Å². The molecule has 0 radical (unpaired) electrons. The summed E-state index contributed by atoms with van der Waals surface area (Å²) in [4.78, 5) is 0. The Kier molecular flexibility index (Phi) is 2.92. The van der Waals surface area contributed by atoms with Crippen molar-refractivity contribution in [2.45, 2.75) is 13.8 Å². The summed E-state index contributed by atoms with van der Waals surface area (Å²) in [6.45, 7) is 4.31. The van der Waals surface area contributed by atoms with Crippen LogP contribution in [-0.2, 0) is 0 Å². The maximum atomic E-state index is 3.58. The van der Waals surface area contributed by atoms with Gasteiger partial charge in [-0.3, -0.25) is 0 Å². The first-order valence-electron chi connectivity index (χ1n) is 5.01. The van der Waals surface area contributed by atoms with Crippen molar-refractivity contribution in [2.24, 2.45) is 0 Å². The Morgan fingerprint density at radius 3 is 2.20 bits per heavy atom. The summed E-state index contributed by atoms with van der Waals surface area (Å²) in [6, 6.07) is 14.8. The van der Waals surface area contributed by atoms with Gasteiger partial charge >= 0.3 is 0 Å². The van der Waals surface area contributed by atoms with E-state index in [1.807, 2.05) is 6.07 Å². The average molecular weight is 261 g/mol. The smallest absolute Gasteiger partial charge is 0.0210 e. The number of benzene rings is 2. The monoisotopic (exact) mass is 260 g/mol. The first-order chi connectivity index (χ1) is 7.20. The molecule has 0 aromatic heterocycles. The van der Waals surface area contributed by atoms with Crippen molar-refractivity contribution in [3.63, 3.8) is 0 Å². The SMILES string of the molecule is Cc1ccc(Br)c(C)c1-c1ccccc1. The van der Waals surface area contributed by atoms with Gasteiger partial charge in [-0.25, -0.2) is 0 Å². The highest BCUT2D eigenvalue weighted by molar-refractivity contribution is 9.10. The van der Waals surface area contributed by atoms with E-state index in [-0.39, 0.29) is 0 Å². The number of rotatable bonds is 1. The molecule has 0 atom stereocenters. The molecule has 15 heavy (non-hydrogen) atoms. The molecule has 2 aromatic carbocycles. The van der Waals surface area contributed by atoms with Crippen molar-refractivity contribution in [2.75, 3.05) is 0 Å². The Bertz CT molecular complexity index is 472. The van der Waals surface area contributed by atoms with Crippen LogP contribution >= 0.6 is 15.9 Å². The van der Waals surface area contributed by atoms with Gasteiger partial charge in [0.05, 0.1) is 0 Å². The van der Waals surface area contributed by atoms with Crippen molar-refractivity contribution in [3.05, 3.63) is 58.1 Å². The summed E-state index contributed by atoms with van der Waals surface area (Å²) in [5.74, 6) is 0. The molecule has 1 heteroatoms. The zero-order chi connectivity index (χ0) is 10.8. The van der Waals surface area contributed by atoms with Gasteiger partial charge in [-0.1, -0.05) is 52.3 Å². The maximum absolute atomic E-state index is 3.58. The van der Waals surface area contributed by atoms with Crippen LogP contribution in [-0.4, -0.2) is 0 Å². The van der Waals surface area contributed by atoms with Crippen LogP contribution in [0.4, 0.5) is 0 Å². The van der Waals surface area contributed by atoms with E-state index in [2.05, 4.69) is 66.2 Å². The van der Waals surface area contributed by atoms with E-state index in [4.69, 9.17) is 0 Å². The largest absolute Gasteiger partial charge is 0.0622 e. The first kappa shape index (κ1) is 10.4. The van der Waals surface area contributed by atoms with Crippen LogP contribution < -0.4 is 0 Å². The predicted octanol–water partition coefficient (Wildman–Crippen LogP) is 4.73. The molecule has 0 saturated carbocycles. The molecule has 2 aromatic rings. The first-order valence-corrected chi connectivity index (χ1v) is 5.80. The fourth-order valence-electron chi connectivity index (χ4n) is 1.87. The van der Waals surface area contributed by atoms with Crippen LogP contribution in [0.1, 0.15) is 11.1 Å². The number of aryl methyl sites for hydroxylation is 1. The van der Waals surface area contributed by atoms with E-state index < -0.39 is 0 Å². The van der Waals surface area contributed by atoms with E-state index in [1.54, 1.807) is 0 Å². The molecule has 0 saturated heterocycles.